The molecule has 4 aliphatic rings. The molecular formula is C14H24OS. The number of thioether (sulfide) groups is 1. The molecule has 16 heavy (non-hydrogen) atoms. The highest BCUT2D eigenvalue weighted by molar-refractivity contribution is 8.00. The third kappa shape index (κ3) is 2.76. The van der Waals surface area contributed by atoms with Crippen LogP contribution in [0.4, 0.5) is 0 Å². The first-order valence-corrected chi connectivity index (χ1v) is 8.18. The van der Waals surface area contributed by atoms with E-state index in [1.54, 1.807) is 6.42 Å². The van der Waals surface area contributed by atoms with Crippen molar-refractivity contribution >= 4 is 11.8 Å². The molecule has 0 amide bonds. The lowest BCUT2D eigenvalue weighted by Gasteiger charge is -2.15. The summed E-state index contributed by atoms with van der Waals surface area (Å²) in [6.07, 6.45) is 12.3. The molecule has 4 fully saturated rings. The average molecular weight is 240 g/mol. The quantitative estimate of drug-likeness (QED) is 0.636. The molecule has 1 nitrogen and oxygen atoms in total. The van der Waals surface area contributed by atoms with E-state index in [2.05, 4.69) is 11.8 Å². The van der Waals surface area contributed by atoms with Gasteiger partial charge in [0.1, 0.15) is 0 Å². The Labute approximate surface area is 104 Å². The third-order valence-corrected chi connectivity index (χ3v) is 6.17. The minimum absolute atomic E-state index is 0.661. The Balaban J connectivity index is 0.000000101. The van der Waals surface area contributed by atoms with Crippen molar-refractivity contribution in [2.24, 2.45) is 11.8 Å². The highest BCUT2D eigenvalue weighted by atomic mass is 32.2. The Morgan fingerprint density at radius 1 is 0.875 bits per heavy atom. The summed E-state index contributed by atoms with van der Waals surface area (Å²) >= 11 is 2.21. The lowest BCUT2D eigenvalue weighted by atomic mass is 9.91. The maximum atomic E-state index is 5.48. The van der Waals surface area contributed by atoms with Gasteiger partial charge in [-0.2, -0.15) is 11.8 Å². The summed E-state index contributed by atoms with van der Waals surface area (Å²) in [5.41, 5.74) is 0. The molecule has 2 aliphatic carbocycles. The predicted octanol–water partition coefficient (Wildman–Crippen LogP) is 3.87. The predicted molar refractivity (Wildman–Crippen MR) is 69.9 cm³/mol. The van der Waals surface area contributed by atoms with Crippen LogP contribution in [0, 0.1) is 11.8 Å². The molecule has 2 heteroatoms. The molecule has 0 aromatic carbocycles. The molecule has 4 bridgehead atoms. The van der Waals surface area contributed by atoms with E-state index in [0.717, 1.165) is 23.7 Å². The number of hydrogen-bond acceptors (Lipinski definition) is 2. The summed E-state index contributed by atoms with van der Waals surface area (Å²) in [4.78, 5) is 0. The largest absolute Gasteiger partial charge is 0.378 e. The second kappa shape index (κ2) is 5.30. The van der Waals surface area contributed by atoms with Gasteiger partial charge in [0.05, 0.1) is 6.10 Å². The standard InChI is InChI=1S/C7H12O.C7H12S/c2*1-2-6-4-7(3-1)8-5-6/h2*6-7H,1-5H2. The molecule has 4 unspecified atom stereocenters. The first kappa shape index (κ1) is 11.4. The monoisotopic (exact) mass is 240 g/mol. The minimum atomic E-state index is 0.661. The van der Waals surface area contributed by atoms with Gasteiger partial charge in [0.15, 0.2) is 0 Å². The van der Waals surface area contributed by atoms with Gasteiger partial charge in [-0.1, -0.05) is 12.8 Å². The van der Waals surface area contributed by atoms with E-state index in [1.165, 1.54) is 50.7 Å². The molecular weight excluding hydrogens is 216 g/mol. The van der Waals surface area contributed by atoms with Crippen molar-refractivity contribution in [3.05, 3.63) is 0 Å². The second-order valence-corrected chi connectivity index (χ2v) is 7.31. The van der Waals surface area contributed by atoms with Crippen LogP contribution in [0.2, 0.25) is 0 Å². The second-order valence-electron chi connectivity index (χ2n) is 5.98. The number of ether oxygens (including phenoxy) is 1. The van der Waals surface area contributed by atoms with E-state index in [0.29, 0.717) is 6.10 Å². The summed E-state index contributed by atoms with van der Waals surface area (Å²) in [5.74, 6) is 3.54. The fourth-order valence-electron chi connectivity index (χ4n) is 3.63. The molecule has 92 valence electrons. The van der Waals surface area contributed by atoms with Crippen molar-refractivity contribution in [2.45, 2.75) is 62.7 Å². The van der Waals surface area contributed by atoms with Crippen LogP contribution in [0.3, 0.4) is 0 Å². The molecule has 2 saturated heterocycles. The normalized spacial score (nSPS) is 45.0. The fourth-order valence-corrected chi connectivity index (χ4v) is 5.22. The summed E-state index contributed by atoms with van der Waals surface area (Å²) in [6, 6.07) is 0. The average Bonchev–Trinajstić information content (AvgIpc) is 2.83. The zero-order chi connectivity index (χ0) is 10.8. The zero-order valence-corrected chi connectivity index (χ0v) is 11.0. The van der Waals surface area contributed by atoms with Gasteiger partial charge in [-0.05, 0) is 56.1 Å². The van der Waals surface area contributed by atoms with Gasteiger partial charge in [0.2, 0.25) is 0 Å². The van der Waals surface area contributed by atoms with Crippen LogP contribution in [-0.4, -0.2) is 23.7 Å². The highest BCUT2D eigenvalue weighted by Crippen LogP contribution is 2.41. The molecule has 0 aromatic heterocycles. The first-order chi connectivity index (χ1) is 7.90. The third-order valence-electron chi connectivity index (χ3n) is 4.60. The Hall–Kier alpha value is 0.310. The van der Waals surface area contributed by atoms with Gasteiger partial charge in [-0.3, -0.25) is 0 Å². The molecule has 4 atom stereocenters. The van der Waals surface area contributed by atoms with Crippen LogP contribution in [0.25, 0.3) is 0 Å². The number of fused-ring (bicyclic) bond motifs is 4. The van der Waals surface area contributed by atoms with E-state index in [4.69, 9.17) is 4.74 Å². The van der Waals surface area contributed by atoms with Crippen LogP contribution in [-0.2, 0) is 4.74 Å². The maximum absolute atomic E-state index is 5.48. The summed E-state index contributed by atoms with van der Waals surface area (Å²) in [7, 11) is 0. The lowest BCUT2D eigenvalue weighted by molar-refractivity contribution is 0.107. The first-order valence-electron chi connectivity index (χ1n) is 7.13. The van der Waals surface area contributed by atoms with Gasteiger partial charge in [0.25, 0.3) is 0 Å². The smallest absolute Gasteiger partial charge is 0.0578 e. The summed E-state index contributed by atoms with van der Waals surface area (Å²) in [5, 5.41) is 1.08. The van der Waals surface area contributed by atoms with Crippen LogP contribution in [0.5, 0.6) is 0 Å². The topological polar surface area (TPSA) is 9.23 Å². The van der Waals surface area contributed by atoms with E-state index in [9.17, 15) is 0 Å². The van der Waals surface area contributed by atoms with Crippen molar-refractivity contribution in [2.75, 3.05) is 12.4 Å². The summed E-state index contributed by atoms with van der Waals surface area (Å²) in [6.45, 7) is 1.06. The Morgan fingerprint density at radius 2 is 1.75 bits per heavy atom. The number of rotatable bonds is 0. The Kier molecular flexibility index (Phi) is 3.78. The van der Waals surface area contributed by atoms with Crippen LogP contribution >= 0.6 is 11.8 Å². The van der Waals surface area contributed by atoms with Crippen molar-refractivity contribution in [3.8, 4) is 0 Å². The van der Waals surface area contributed by atoms with Gasteiger partial charge in [0, 0.05) is 11.9 Å². The molecule has 2 saturated carbocycles. The van der Waals surface area contributed by atoms with Gasteiger partial charge < -0.3 is 4.74 Å². The molecule has 0 N–H and O–H groups in total. The van der Waals surface area contributed by atoms with Crippen LogP contribution < -0.4 is 0 Å². The highest BCUT2D eigenvalue weighted by Gasteiger charge is 2.29. The molecule has 0 aromatic rings. The van der Waals surface area contributed by atoms with Crippen molar-refractivity contribution < 1.29 is 4.74 Å². The van der Waals surface area contributed by atoms with Crippen molar-refractivity contribution in [1.82, 2.24) is 0 Å². The van der Waals surface area contributed by atoms with Gasteiger partial charge in [-0.15, -0.1) is 0 Å². The Bertz CT molecular complexity index is 179. The Morgan fingerprint density at radius 3 is 2.50 bits per heavy atom. The van der Waals surface area contributed by atoms with E-state index in [-0.39, 0.29) is 0 Å². The van der Waals surface area contributed by atoms with Crippen LogP contribution in [0.15, 0.2) is 0 Å². The number of hydrogen-bond donors (Lipinski definition) is 0. The molecule has 4 rings (SSSR count). The molecule has 2 aliphatic heterocycles. The van der Waals surface area contributed by atoms with Crippen molar-refractivity contribution in [1.29, 1.82) is 0 Å². The van der Waals surface area contributed by atoms with E-state index in [1.807, 2.05) is 0 Å². The molecule has 0 spiro atoms. The van der Waals surface area contributed by atoms with Gasteiger partial charge in [-0.25, -0.2) is 0 Å². The van der Waals surface area contributed by atoms with E-state index >= 15 is 0 Å². The van der Waals surface area contributed by atoms with Crippen LogP contribution in [0.1, 0.15) is 51.4 Å². The van der Waals surface area contributed by atoms with Gasteiger partial charge >= 0.3 is 0 Å². The zero-order valence-electron chi connectivity index (χ0n) is 10.2. The lowest BCUT2D eigenvalue weighted by Crippen LogP contribution is -2.09. The SMILES string of the molecule is C1CC2COC(C1)C2.C1CC2CSC(C1)C2. The fraction of sp³-hybridized carbons (Fsp3) is 1.00. The minimum Gasteiger partial charge on any atom is -0.378 e. The molecule has 0 radical (unpaired) electrons. The van der Waals surface area contributed by atoms with Crippen molar-refractivity contribution in [3.63, 3.8) is 0 Å². The maximum Gasteiger partial charge on any atom is 0.0578 e. The van der Waals surface area contributed by atoms with E-state index < -0.39 is 0 Å². The molecule has 2 heterocycles. The summed E-state index contributed by atoms with van der Waals surface area (Å²) < 4.78 is 5.48.